The maximum Gasteiger partial charge on any atom is 0.326 e. The first-order chi connectivity index (χ1) is 8.58. The third-order valence-corrected chi connectivity index (χ3v) is 3.98. The Morgan fingerprint density at radius 3 is 2.28 bits per heavy atom. The van der Waals surface area contributed by atoms with Gasteiger partial charge in [0.2, 0.25) is 5.91 Å². The SMILES string of the molecule is CCC(CC1CCCC1)C(=O)NC(CC)C(=O)O. The van der Waals surface area contributed by atoms with Crippen molar-refractivity contribution in [3.05, 3.63) is 0 Å². The van der Waals surface area contributed by atoms with Crippen molar-refractivity contribution in [2.45, 2.75) is 64.8 Å². The lowest BCUT2D eigenvalue weighted by Crippen LogP contribution is -2.43. The summed E-state index contributed by atoms with van der Waals surface area (Å²) in [5.74, 6) is -0.396. The average molecular weight is 255 g/mol. The van der Waals surface area contributed by atoms with Crippen molar-refractivity contribution in [1.82, 2.24) is 5.32 Å². The highest BCUT2D eigenvalue weighted by Crippen LogP contribution is 2.31. The molecule has 1 rings (SSSR count). The molecule has 0 bridgehead atoms. The monoisotopic (exact) mass is 255 g/mol. The maximum absolute atomic E-state index is 12.1. The molecule has 0 radical (unpaired) electrons. The van der Waals surface area contributed by atoms with E-state index in [0.717, 1.165) is 12.8 Å². The number of nitrogens with one attached hydrogen (secondary N) is 1. The average Bonchev–Trinajstić information content (AvgIpc) is 2.85. The summed E-state index contributed by atoms with van der Waals surface area (Å²) in [6.07, 6.45) is 7.13. The molecule has 1 amide bonds. The van der Waals surface area contributed by atoms with Crippen LogP contribution in [0.25, 0.3) is 0 Å². The summed E-state index contributed by atoms with van der Waals surface area (Å²) in [4.78, 5) is 23.0. The zero-order valence-electron chi connectivity index (χ0n) is 11.4. The molecule has 0 spiro atoms. The minimum Gasteiger partial charge on any atom is -0.480 e. The Morgan fingerprint density at radius 1 is 1.22 bits per heavy atom. The molecule has 2 unspecified atom stereocenters. The normalized spacial score (nSPS) is 19.4. The number of hydrogen-bond donors (Lipinski definition) is 2. The second kappa shape index (κ2) is 7.39. The van der Waals surface area contributed by atoms with Crippen LogP contribution < -0.4 is 5.32 Å². The Labute approximate surface area is 109 Å². The summed E-state index contributed by atoms with van der Waals surface area (Å²) >= 11 is 0. The molecule has 4 heteroatoms. The smallest absolute Gasteiger partial charge is 0.326 e. The van der Waals surface area contributed by atoms with Gasteiger partial charge in [0.25, 0.3) is 0 Å². The van der Waals surface area contributed by atoms with Gasteiger partial charge >= 0.3 is 5.97 Å². The van der Waals surface area contributed by atoms with Crippen LogP contribution in [0.3, 0.4) is 0 Å². The molecule has 0 aromatic heterocycles. The van der Waals surface area contributed by atoms with Gasteiger partial charge in [-0.05, 0) is 25.2 Å². The Hall–Kier alpha value is -1.06. The fraction of sp³-hybridized carbons (Fsp3) is 0.857. The first-order valence-corrected chi connectivity index (χ1v) is 7.11. The van der Waals surface area contributed by atoms with Crippen molar-refractivity contribution in [1.29, 1.82) is 0 Å². The largest absolute Gasteiger partial charge is 0.480 e. The molecule has 1 aliphatic rings. The van der Waals surface area contributed by atoms with E-state index in [1.807, 2.05) is 6.92 Å². The number of carboxylic acids is 1. The standard InChI is InChI=1S/C14H25NO3/c1-3-11(9-10-7-5-6-8-10)13(16)15-12(4-2)14(17)18/h10-12H,3-9H2,1-2H3,(H,15,16)(H,17,18). The van der Waals surface area contributed by atoms with E-state index >= 15 is 0 Å². The van der Waals surface area contributed by atoms with Gasteiger partial charge in [0.05, 0.1) is 0 Å². The van der Waals surface area contributed by atoms with Gasteiger partial charge in [0.15, 0.2) is 0 Å². The van der Waals surface area contributed by atoms with Crippen LogP contribution in [0.2, 0.25) is 0 Å². The summed E-state index contributed by atoms with van der Waals surface area (Å²) < 4.78 is 0. The molecule has 2 atom stereocenters. The minimum atomic E-state index is -0.943. The predicted octanol–water partition coefficient (Wildman–Crippen LogP) is 2.57. The lowest BCUT2D eigenvalue weighted by atomic mass is 9.90. The zero-order chi connectivity index (χ0) is 13.5. The Kier molecular flexibility index (Phi) is 6.16. The van der Waals surface area contributed by atoms with Crippen molar-refractivity contribution in [2.75, 3.05) is 0 Å². The van der Waals surface area contributed by atoms with Crippen LogP contribution in [-0.4, -0.2) is 23.0 Å². The highest BCUT2D eigenvalue weighted by molar-refractivity contribution is 5.84. The third kappa shape index (κ3) is 4.31. The number of carbonyl (C=O) groups is 2. The number of aliphatic carboxylic acids is 1. The molecule has 1 aliphatic carbocycles. The Morgan fingerprint density at radius 2 is 1.83 bits per heavy atom. The molecule has 18 heavy (non-hydrogen) atoms. The van der Waals surface area contributed by atoms with Crippen LogP contribution in [0.1, 0.15) is 58.8 Å². The predicted molar refractivity (Wildman–Crippen MR) is 70.2 cm³/mol. The molecule has 0 aromatic carbocycles. The van der Waals surface area contributed by atoms with E-state index in [1.165, 1.54) is 25.7 Å². The number of carboxylic acid groups (broad SMARTS) is 1. The molecular formula is C14H25NO3. The van der Waals surface area contributed by atoms with Gasteiger partial charge in [0.1, 0.15) is 6.04 Å². The molecule has 1 saturated carbocycles. The van der Waals surface area contributed by atoms with Crippen LogP contribution >= 0.6 is 0 Å². The summed E-state index contributed by atoms with van der Waals surface area (Å²) in [5, 5.41) is 11.6. The van der Waals surface area contributed by atoms with Gasteiger partial charge in [-0.2, -0.15) is 0 Å². The molecule has 0 heterocycles. The van der Waals surface area contributed by atoms with E-state index in [1.54, 1.807) is 6.92 Å². The van der Waals surface area contributed by atoms with E-state index in [0.29, 0.717) is 12.3 Å². The molecular weight excluding hydrogens is 230 g/mol. The van der Waals surface area contributed by atoms with E-state index in [-0.39, 0.29) is 11.8 Å². The van der Waals surface area contributed by atoms with Crippen LogP contribution in [-0.2, 0) is 9.59 Å². The lowest BCUT2D eigenvalue weighted by molar-refractivity contribution is -0.142. The summed E-state index contributed by atoms with van der Waals surface area (Å²) in [7, 11) is 0. The number of rotatable bonds is 7. The minimum absolute atomic E-state index is 0.0264. The number of amides is 1. The zero-order valence-corrected chi connectivity index (χ0v) is 11.4. The Bertz CT molecular complexity index is 285. The van der Waals surface area contributed by atoms with Crippen LogP contribution in [0.4, 0.5) is 0 Å². The first kappa shape index (κ1) is 15.0. The highest BCUT2D eigenvalue weighted by Gasteiger charge is 2.26. The fourth-order valence-corrected chi connectivity index (χ4v) is 2.74. The summed E-state index contributed by atoms with van der Waals surface area (Å²) in [6, 6.07) is -0.741. The highest BCUT2D eigenvalue weighted by atomic mass is 16.4. The van der Waals surface area contributed by atoms with Crippen molar-refractivity contribution in [3.8, 4) is 0 Å². The van der Waals surface area contributed by atoms with Crippen LogP contribution in [0.5, 0.6) is 0 Å². The van der Waals surface area contributed by atoms with Crippen molar-refractivity contribution in [2.24, 2.45) is 11.8 Å². The number of hydrogen-bond acceptors (Lipinski definition) is 2. The van der Waals surface area contributed by atoms with Crippen molar-refractivity contribution < 1.29 is 14.7 Å². The topological polar surface area (TPSA) is 66.4 Å². The van der Waals surface area contributed by atoms with Crippen molar-refractivity contribution >= 4 is 11.9 Å². The van der Waals surface area contributed by atoms with Gasteiger partial charge in [0, 0.05) is 5.92 Å². The fourth-order valence-electron chi connectivity index (χ4n) is 2.74. The molecule has 0 aliphatic heterocycles. The van der Waals surface area contributed by atoms with E-state index in [9.17, 15) is 9.59 Å². The third-order valence-electron chi connectivity index (χ3n) is 3.98. The molecule has 1 fully saturated rings. The van der Waals surface area contributed by atoms with Crippen molar-refractivity contribution in [3.63, 3.8) is 0 Å². The lowest BCUT2D eigenvalue weighted by Gasteiger charge is -2.21. The molecule has 104 valence electrons. The van der Waals surface area contributed by atoms with Gasteiger partial charge in [-0.1, -0.05) is 39.5 Å². The molecule has 4 nitrogen and oxygen atoms in total. The van der Waals surface area contributed by atoms with Crippen LogP contribution in [0, 0.1) is 11.8 Å². The van der Waals surface area contributed by atoms with Gasteiger partial charge in [-0.25, -0.2) is 4.79 Å². The van der Waals surface area contributed by atoms with Gasteiger partial charge in [-0.3, -0.25) is 4.79 Å². The molecule has 2 N–H and O–H groups in total. The quantitative estimate of drug-likeness (QED) is 0.734. The Balaban J connectivity index is 2.47. The second-order valence-electron chi connectivity index (χ2n) is 5.30. The van der Waals surface area contributed by atoms with E-state index in [4.69, 9.17) is 5.11 Å². The van der Waals surface area contributed by atoms with Crippen LogP contribution in [0.15, 0.2) is 0 Å². The maximum atomic E-state index is 12.1. The molecule has 0 saturated heterocycles. The molecule has 0 aromatic rings. The van der Waals surface area contributed by atoms with Gasteiger partial charge in [-0.15, -0.1) is 0 Å². The van der Waals surface area contributed by atoms with E-state index < -0.39 is 12.0 Å². The number of carbonyl (C=O) groups excluding carboxylic acids is 1. The van der Waals surface area contributed by atoms with Gasteiger partial charge < -0.3 is 10.4 Å². The summed E-state index contributed by atoms with van der Waals surface area (Å²) in [6.45, 7) is 3.78. The second-order valence-corrected chi connectivity index (χ2v) is 5.30. The summed E-state index contributed by atoms with van der Waals surface area (Å²) in [5.41, 5.74) is 0. The van der Waals surface area contributed by atoms with E-state index in [2.05, 4.69) is 5.32 Å². The first-order valence-electron chi connectivity index (χ1n) is 7.11.